The zero-order chi connectivity index (χ0) is 9.42. The Bertz CT molecular complexity index is 473. The third-order valence-electron chi connectivity index (χ3n) is 2.02. The van der Waals surface area contributed by atoms with Crippen LogP contribution in [0.1, 0.15) is 15.9 Å². The minimum Gasteiger partial charge on any atom is -0.478 e. The summed E-state index contributed by atoms with van der Waals surface area (Å²) in [6.07, 6.45) is 1.67. The zero-order valence-corrected chi connectivity index (χ0v) is 7.03. The molecule has 2 aromatic rings. The van der Waals surface area contributed by atoms with Crippen LogP contribution in [0.3, 0.4) is 0 Å². The SMILES string of the molecule is Cc1cc2cn[nH]c2cc1C(=O)O. The van der Waals surface area contributed by atoms with Gasteiger partial charge < -0.3 is 5.11 Å². The Labute approximate surface area is 74.2 Å². The fourth-order valence-corrected chi connectivity index (χ4v) is 1.34. The summed E-state index contributed by atoms with van der Waals surface area (Å²) in [5.41, 5.74) is 1.82. The largest absolute Gasteiger partial charge is 0.478 e. The predicted octanol–water partition coefficient (Wildman–Crippen LogP) is 1.57. The van der Waals surface area contributed by atoms with E-state index in [-0.39, 0.29) is 0 Å². The van der Waals surface area contributed by atoms with E-state index in [0.717, 1.165) is 16.5 Å². The number of nitrogens with one attached hydrogen (secondary N) is 1. The van der Waals surface area contributed by atoms with Crippen LogP contribution in [0.15, 0.2) is 18.3 Å². The molecule has 1 aromatic carbocycles. The maximum Gasteiger partial charge on any atom is 0.336 e. The van der Waals surface area contributed by atoms with Crippen LogP contribution < -0.4 is 0 Å². The van der Waals surface area contributed by atoms with Crippen molar-refractivity contribution < 1.29 is 9.90 Å². The predicted molar refractivity (Wildman–Crippen MR) is 47.8 cm³/mol. The average molecular weight is 176 g/mol. The van der Waals surface area contributed by atoms with Crippen molar-refractivity contribution in [2.24, 2.45) is 0 Å². The molecule has 0 aliphatic heterocycles. The normalized spacial score (nSPS) is 10.5. The first-order chi connectivity index (χ1) is 6.18. The molecule has 0 amide bonds. The third-order valence-corrected chi connectivity index (χ3v) is 2.02. The van der Waals surface area contributed by atoms with Gasteiger partial charge in [-0.1, -0.05) is 0 Å². The molecule has 0 spiro atoms. The first-order valence-electron chi connectivity index (χ1n) is 3.85. The number of fused-ring (bicyclic) bond motifs is 1. The highest BCUT2D eigenvalue weighted by molar-refractivity contribution is 5.94. The Hall–Kier alpha value is -1.84. The number of carbonyl (C=O) groups is 1. The molecule has 1 aromatic heterocycles. The van der Waals surface area contributed by atoms with E-state index in [0.29, 0.717) is 5.56 Å². The lowest BCUT2D eigenvalue weighted by molar-refractivity contribution is 0.0696. The van der Waals surface area contributed by atoms with Crippen molar-refractivity contribution in [2.45, 2.75) is 6.92 Å². The van der Waals surface area contributed by atoms with Crippen LogP contribution in [-0.2, 0) is 0 Å². The van der Waals surface area contributed by atoms with E-state index in [2.05, 4.69) is 10.2 Å². The smallest absolute Gasteiger partial charge is 0.336 e. The summed E-state index contributed by atoms with van der Waals surface area (Å²) in [6, 6.07) is 3.41. The van der Waals surface area contributed by atoms with Crippen molar-refractivity contribution in [1.82, 2.24) is 10.2 Å². The lowest BCUT2D eigenvalue weighted by Crippen LogP contribution is -1.98. The lowest BCUT2D eigenvalue weighted by Gasteiger charge is -1.99. The molecule has 66 valence electrons. The van der Waals surface area contributed by atoms with Crippen LogP contribution in [0, 0.1) is 6.92 Å². The molecule has 1 heterocycles. The number of nitrogens with zero attached hydrogens (tertiary/aromatic N) is 1. The number of aromatic amines is 1. The molecule has 0 aliphatic rings. The molecule has 2 rings (SSSR count). The maximum atomic E-state index is 10.8. The monoisotopic (exact) mass is 176 g/mol. The zero-order valence-electron chi connectivity index (χ0n) is 7.03. The molecule has 2 N–H and O–H groups in total. The second-order valence-electron chi connectivity index (χ2n) is 2.93. The molecule has 0 fully saturated rings. The summed E-state index contributed by atoms with van der Waals surface area (Å²) in [7, 11) is 0. The van der Waals surface area contributed by atoms with Gasteiger partial charge in [0, 0.05) is 5.39 Å². The van der Waals surface area contributed by atoms with Gasteiger partial charge in [0.25, 0.3) is 0 Å². The lowest BCUT2D eigenvalue weighted by atomic mass is 10.1. The number of aromatic carboxylic acids is 1. The molecular weight excluding hydrogens is 168 g/mol. The number of hydrogen-bond acceptors (Lipinski definition) is 2. The highest BCUT2D eigenvalue weighted by Gasteiger charge is 2.08. The first kappa shape index (κ1) is 7.79. The molecule has 0 atom stereocenters. The molecule has 13 heavy (non-hydrogen) atoms. The van der Waals surface area contributed by atoms with Gasteiger partial charge >= 0.3 is 5.97 Å². The van der Waals surface area contributed by atoms with Crippen molar-refractivity contribution in [2.75, 3.05) is 0 Å². The van der Waals surface area contributed by atoms with Crippen molar-refractivity contribution in [3.05, 3.63) is 29.5 Å². The van der Waals surface area contributed by atoms with Crippen LogP contribution in [0.4, 0.5) is 0 Å². The van der Waals surface area contributed by atoms with E-state index in [4.69, 9.17) is 5.11 Å². The van der Waals surface area contributed by atoms with E-state index in [1.54, 1.807) is 19.2 Å². The standard InChI is InChI=1S/C9H8N2O2/c1-5-2-6-4-10-11-8(6)3-7(5)9(12)13/h2-4H,1H3,(H,10,11)(H,12,13). The van der Waals surface area contributed by atoms with Crippen LogP contribution >= 0.6 is 0 Å². The van der Waals surface area contributed by atoms with Gasteiger partial charge in [-0.2, -0.15) is 5.10 Å². The second-order valence-corrected chi connectivity index (χ2v) is 2.93. The highest BCUT2D eigenvalue weighted by atomic mass is 16.4. The minimum absolute atomic E-state index is 0.316. The molecule has 4 heteroatoms. The van der Waals surface area contributed by atoms with Crippen LogP contribution in [0.25, 0.3) is 10.9 Å². The Morgan fingerprint density at radius 3 is 3.00 bits per heavy atom. The third kappa shape index (κ3) is 1.16. The average Bonchev–Trinajstić information content (AvgIpc) is 2.48. The Kier molecular flexibility index (Phi) is 1.55. The van der Waals surface area contributed by atoms with Crippen molar-refractivity contribution in [3.8, 4) is 0 Å². The van der Waals surface area contributed by atoms with Gasteiger partial charge in [-0.15, -0.1) is 0 Å². The number of hydrogen-bond donors (Lipinski definition) is 2. The fourth-order valence-electron chi connectivity index (χ4n) is 1.34. The Morgan fingerprint density at radius 1 is 1.54 bits per heavy atom. The summed E-state index contributed by atoms with van der Waals surface area (Å²) in [4.78, 5) is 10.8. The van der Waals surface area contributed by atoms with E-state index in [1.165, 1.54) is 0 Å². The van der Waals surface area contributed by atoms with E-state index in [1.807, 2.05) is 6.07 Å². The summed E-state index contributed by atoms with van der Waals surface area (Å²) >= 11 is 0. The second kappa shape index (κ2) is 2.58. The van der Waals surface area contributed by atoms with Gasteiger partial charge in [-0.3, -0.25) is 5.10 Å². The summed E-state index contributed by atoms with van der Waals surface area (Å²) in [5.74, 6) is -0.908. The topological polar surface area (TPSA) is 66.0 Å². The van der Waals surface area contributed by atoms with Crippen LogP contribution in [0.5, 0.6) is 0 Å². The number of carboxylic acid groups (broad SMARTS) is 1. The number of carboxylic acids is 1. The fraction of sp³-hybridized carbons (Fsp3) is 0.111. The Balaban J connectivity index is 2.76. The van der Waals surface area contributed by atoms with E-state index in [9.17, 15) is 4.79 Å². The molecule has 0 saturated heterocycles. The van der Waals surface area contributed by atoms with E-state index < -0.39 is 5.97 Å². The van der Waals surface area contributed by atoms with Crippen molar-refractivity contribution in [1.29, 1.82) is 0 Å². The van der Waals surface area contributed by atoms with E-state index >= 15 is 0 Å². The quantitative estimate of drug-likeness (QED) is 0.693. The highest BCUT2D eigenvalue weighted by Crippen LogP contribution is 2.17. The minimum atomic E-state index is -0.908. The maximum absolute atomic E-state index is 10.8. The van der Waals surface area contributed by atoms with Gasteiger partial charge in [-0.25, -0.2) is 4.79 Å². The van der Waals surface area contributed by atoms with Gasteiger partial charge in [0.05, 0.1) is 17.3 Å². The van der Waals surface area contributed by atoms with Crippen LogP contribution in [0.2, 0.25) is 0 Å². The Morgan fingerprint density at radius 2 is 2.31 bits per heavy atom. The molecule has 0 bridgehead atoms. The number of H-pyrrole nitrogens is 1. The molecule has 0 unspecified atom stereocenters. The number of aromatic nitrogens is 2. The van der Waals surface area contributed by atoms with Crippen LogP contribution in [-0.4, -0.2) is 21.3 Å². The molecule has 0 aliphatic carbocycles. The van der Waals surface area contributed by atoms with Gasteiger partial charge in [-0.05, 0) is 24.6 Å². The van der Waals surface area contributed by atoms with Crippen molar-refractivity contribution >= 4 is 16.9 Å². The van der Waals surface area contributed by atoms with Gasteiger partial charge in [0.15, 0.2) is 0 Å². The summed E-state index contributed by atoms with van der Waals surface area (Å²) in [5, 5.41) is 16.3. The van der Waals surface area contributed by atoms with Gasteiger partial charge in [0.1, 0.15) is 0 Å². The molecule has 0 radical (unpaired) electrons. The molecule has 0 saturated carbocycles. The number of benzene rings is 1. The number of rotatable bonds is 1. The molecular formula is C9H8N2O2. The summed E-state index contributed by atoms with van der Waals surface area (Å²) in [6.45, 7) is 1.77. The van der Waals surface area contributed by atoms with Crippen molar-refractivity contribution in [3.63, 3.8) is 0 Å². The number of aryl methyl sites for hydroxylation is 1. The first-order valence-corrected chi connectivity index (χ1v) is 3.85. The van der Waals surface area contributed by atoms with Gasteiger partial charge in [0.2, 0.25) is 0 Å². The summed E-state index contributed by atoms with van der Waals surface area (Å²) < 4.78 is 0. The molecule has 4 nitrogen and oxygen atoms in total.